The first kappa shape index (κ1) is 16.5. The minimum Gasteiger partial charge on any atom is -0.504 e. The maximum Gasteiger partial charge on any atom is 0.330 e. The van der Waals surface area contributed by atoms with Crippen LogP contribution < -0.4 is 5.73 Å². The van der Waals surface area contributed by atoms with Crippen molar-refractivity contribution in [3.63, 3.8) is 0 Å². The Bertz CT molecular complexity index is 540. The van der Waals surface area contributed by atoms with E-state index in [1.807, 2.05) is 0 Å². The molecule has 4 N–H and O–H groups in total. The van der Waals surface area contributed by atoms with Crippen molar-refractivity contribution in [3.05, 3.63) is 29.8 Å². The fourth-order valence-corrected chi connectivity index (χ4v) is 1.35. The molecule has 0 saturated carbocycles. The third kappa shape index (κ3) is 5.53. The molecule has 1 aromatic carbocycles. The van der Waals surface area contributed by atoms with Gasteiger partial charge in [0.25, 0.3) is 0 Å². The van der Waals surface area contributed by atoms with Crippen molar-refractivity contribution in [1.29, 1.82) is 0 Å². The normalized spacial score (nSPS) is 12.1. The number of hydrogen-bond donors (Lipinski definition) is 3. The summed E-state index contributed by atoms with van der Waals surface area (Å²) in [6, 6.07) is 3.05. The van der Waals surface area contributed by atoms with E-state index < -0.39 is 18.0 Å². The average Bonchev–Trinajstić information content (AvgIpc) is 2.46. The quantitative estimate of drug-likeness (QED) is 0.398. The second-order valence-corrected chi connectivity index (χ2v) is 4.07. The van der Waals surface area contributed by atoms with Crippen LogP contribution in [0.5, 0.6) is 11.5 Å². The van der Waals surface area contributed by atoms with Crippen molar-refractivity contribution in [2.75, 3.05) is 13.2 Å². The molecule has 114 valence electrons. The van der Waals surface area contributed by atoms with Gasteiger partial charge in [0.15, 0.2) is 11.5 Å². The van der Waals surface area contributed by atoms with Crippen LogP contribution in [0, 0.1) is 0 Å². The molecule has 1 aromatic rings. The molecule has 0 aliphatic carbocycles. The second kappa shape index (κ2) is 7.91. The van der Waals surface area contributed by atoms with Crippen LogP contribution in [0.2, 0.25) is 0 Å². The predicted molar refractivity (Wildman–Crippen MR) is 74.4 cm³/mol. The summed E-state index contributed by atoms with van der Waals surface area (Å²) in [5.74, 6) is -1.88. The number of nitrogens with two attached hydrogens (primary N) is 1. The highest BCUT2D eigenvalue weighted by Gasteiger charge is 2.15. The highest BCUT2D eigenvalue weighted by atomic mass is 16.5. The van der Waals surface area contributed by atoms with Crippen molar-refractivity contribution in [2.45, 2.75) is 13.0 Å². The highest BCUT2D eigenvalue weighted by molar-refractivity contribution is 5.87. The Morgan fingerprint density at radius 1 is 1.29 bits per heavy atom. The summed E-state index contributed by atoms with van der Waals surface area (Å²) in [5, 5.41) is 18.4. The SMILES string of the molecule is CCOC(=O)[C@@H](N)COC(=O)/C=C/c1ccc(O)c(O)c1. The lowest BCUT2D eigenvalue weighted by molar-refractivity contribution is -0.148. The fraction of sp³-hybridized carbons (Fsp3) is 0.286. The summed E-state index contributed by atoms with van der Waals surface area (Å²) in [7, 11) is 0. The van der Waals surface area contributed by atoms with Crippen LogP contribution in [-0.4, -0.2) is 41.4 Å². The smallest absolute Gasteiger partial charge is 0.330 e. The van der Waals surface area contributed by atoms with Gasteiger partial charge in [-0.05, 0) is 30.7 Å². The maximum absolute atomic E-state index is 11.4. The van der Waals surface area contributed by atoms with Gasteiger partial charge in [-0.3, -0.25) is 4.79 Å². The van der Waals surface area contributed by atoms with E-state index in [-0.39, 0.29) is 24.7 Å². The van der Waals surface area contributed by atoms with E-state index in [4.69, 9.17) is 15.6 Å². The Morgan fingerprint density at radius 3 is 2.62 bits per heavy atom. The molecule has 1 rings (SSSR count). The Labute approximate surface area is 121 Å². The zero-order valence-electron chi connectivity index (χ0n) is 11.5. The number of rotatable bonds is 6. The van der Waals surface area contributed by atoms with Gasteiger partial charge in [0, 0.05) is 6.08 Å². The highest BCUT2D eigenvalue weighted by Crippen LogP contribution is 2.25. The Morgan fingerprint density at radius 2 is 2.00 bits per heavy atom. The van der Waals surface area contributed by atoms with Gasteiger partial charge in [-0.2, -0.15) is 0 Å². The largest absolute Gasteiger partial charge is 0.504 e. The molecule has 21 heavy (non-hydrogen) atoms. The Hall–Kier alpha value is -2.54. The van der Waals surface area contributed by atoms with E-state index in [0.29, 0.717) is 5.56 Å². The molecular weight excluding hydrogens is 278 g/mol. The molecule has 1 atom stereocenters. The van der Waals surface area contributed by atoms with Crippen LogP contribution in [0.4, 0.5) is 0 Å². The molecule has 0 aliphatic heterocycles. The van der Waals surface area contributed by atoms with E-state index in [1.54, 1.807) is 6.92 Å². The molecule has 0 amide bonds. The lowest BCUT2D eigenvalue weighted by Crippen LogP contribution is -2.37. The standard InChI is InChI=1S/C14H17NO6/c1-2-20-14(19)10(15)8-21-13(18)6-4-9-3-5-11(16)12(17)7-9/h3-7,10,16-17H,2,8,15H2,1H3/b6-4+/t10-/m0/s1. The lowest BCUT2D eigenvalue weighted by Gasteiger charge is -2.09. The Balaban J connectivity index is 2.48. The number of esters is 2. The third-order valence-electron chi connectivity index (χ3n) is 2.41. The first-order valence-corrected chi connectivity index (χ1v) is 6.23. The van der Waals surface area contributed by atoms with Gasteiger partial charge < -0.3 is 25.4 Å². The molecule has 0 aromatic heterocycles. The molecule has 0 radical (unpaired) electrons. The number of hydrogen-bond acceptors (Lipinski definition) is 7. The third-order valence-corrected chi connectivity index (χ3v) is 2.41. The van der Waals surface area contributed by atoms with Crippen molar-refractivity contribution >= 4 is 18.0 Å². The minimum absolute atomic E-state index is 0.199. The number of carbonyl (C=O) groups excluding carboxylic acids is 2. The molecule has 0 bridgehead atoms. The monoisotopic (exact) mass is 295 g/mol. The van der Waals surface area contributed by atoms with E-state index in [9.17, 15) is 14.7 Å². The van der Waals surface area contributed by atoms with Crippen LogP contribution in [0.1, 0.15) is 12.5 Å². The van der Waals surface area contributed by atoms with Gasteiger partial charge >= 0.3 is 11.9 Å². The van der Waals surface area contributed by atoms with Crippen molar-refractivity contribution in [1.82, 2.24) is 0 Å². The number of aromatic hydroxyl groups is 2. The second-order valence-electron chi connectivity index (χ2n) is 4.07. The molecule has 0 aliphatic rings. The van der Waals surface area contributed by atoms with Crippen molar-refractivity contribution < 1.29 is 29.3 Å². The fourth-order valence-electron chi connectivity index (χ4n) is 1.35. The van der Waals surface area contributed by atoms with Gasteiger partial charge in [-0.15, -0.1) is 0 Å². The number of benzene rings is 1. The maximum atomic E-state index is 11.4. The van der Waals surface area contributed by atoms with Gasteiger partial charge in [-0.1, -0.05) is 6.07 Å². The summed E-state index contributed by atoms with van der Waals surface area (Å²) in [6.07, 6.45) is 2.50. The van der Waals surface area contributed by atoms with E-state index in [1.165, 1.54) is 24.3 Å². The van der Waals surface area contributed by atoms with Crippen LogP contribution in [0.3, 0.4) is 0 Å². The van der Waals surface area contributed by atoms with E-state index >= 15 is 0 Å². The molecule has 0 saturated heterocycles. The van der Waals surface area contributed by atoms with E-state index in [2.05, 4.69) is 4.74 Å². The lowest BCUT2D eigenvalue weighted by atomic mass is 10.2. The number of phenols is 2. The van der Waals surface area contributed by atoms with Crippen LogP contribution in [-0.2, 0) is 19.1 Å². The van der Waals surface area contributed by atoms with Gasteiger partial charge in [-0.25, -0.2) is 4.79 Å². The zero-order chi connectivity index (χ0) is 15.8. The topological polar surface area (TPSA) is 119 Å². The van der Waals surface area contributed by atoms with Crippen molar-refractivity contribution in [3.8, 4) is 11.5 Å². The summed E-state index contributed by atoms with van der Waals surface area (Å²) < 4.78 is 9.45. The molecule has 0 unspecified atom stereocenters. The van der Waals surface area contributed by atoms with Crippen LogP contribution in [0.25, 0.3) is 6.08 Å². The first-order chi connectivity index (χ1) is 9.93. The zero-order valence-corrected chi connectivity index (χ0v) is 11.5. The number of carbonyl (C=O) groups is 2. The predicted octanol–water partition coefficient (Wildman–Crippen LogP) is 0.545. The molecule has 0 heterocycles. The van der Waals surface area contributed by atoms with E-state index in [0.717, 1.165) is 6.08 Å². The van der Waals surface area contributed by atoms with Gasteiger partial charge in [0.05, 0.1) is 6.61 Å². The number of phenolic OH excluding ortho intramolecular Hbond substituents is 2. The summed E-state index contributed by atoms with van der Waals surface area (Å²) in [4.78, 5) is 22.6. The molecule has 7 nitrogen and oxygen atoms in total. The average molecular weight is 295 g/mol. The minimum atomic E-state index is -1.03. The van der Waals surface area contributed by atoms with Crippen molar-refractivity contribution in [2.24, 2.45) is 5.73 Å². The van der Waals surface area contributed by atoms with Gasteiger partial charge in [0.2, 0.25) is 0 Å². The van der Waals surface area contributed by atoms with Crippen LogP contribution >= 0.6 is 0 Å². The summed E-state index contributed by atoms with van der Waals surface area (Å²) >= 11 is 0. The molecule has 7 heteroatoms. The number of ether oxygens (including phenoxy) is 2. The summed E-state index contributed by atoms with van der Waals surface area (Å²) in [6.45, 7) is 1.56. The Kier molecular flexibility index (Phi) is 6.22. The molecule has 0 spiro atoms. The van der Waals surface area contributed by atoms with Crippen LogP contribution in [0.15, 0.2) is 24.3 Å². The van der Waals surface area contributed by atoms with Gasteiger partial charge in [0.1, 0.15) is 12.6 Å². The molecule has 0 fully saturated rings. The summed E-state index contributed by atoms with van der Waals surface area (Å²) in [5.41, 5.74) is 5.96. The first-order valence-electron chi connectivity index (χ1n) is 6.23. The molecular formula is C14H17NO6.